The average molecular weight is 701 g/mol. The first kappa shape index (κ1) is 44.2. The molecule has 296 valence electrons. The molecule has 6 saturated carbocycles. The van der Waals surface area contributed by atoms with Gasteiger partial charge in [-0.3, -0.25) is 0 Å². The van der Waals surface area contributed by atoms with Crippen molar-refractivity contribution in [2.45, 2.75) is 185 Å². The Labute approximate surface area is 315 Å². The minimum absolute atomic E-state index is 0. The lowest BCUT2D eigenvalue weighted by Gasteiger charge is -2.48. The standard InChI is InChI=1S/C12H21N.C11H21N.2C10H19N.3CH4/c1-8(2)13-6-11-5-9-3-10(4-9)12(11)7-13;1-9(2)12-7-10-5-3-4-6-11(10)8-12;2*1-8(2)11-6-9-4-3-5-10(9)7-11;;;/h8-12H,3-7H2,1-2H3;9-11H,3-8H2,1-2H3;2*8-10H,3-7H2,1-2H3;3*1H4. The van der Waals surface area contributed by atoms with E-state index < -0.39 is 0 Å². The fourth-order valence-electron chi connectivity index (χ4n) is 12.1. The zero-order chi connectivity index (χ0) is 33.2. The van der Waals surface area contributed by atoms with E-state index in [-0.39, 0.29) is 22.3 Å². The highest BCUT2D eigenvalue weighted by Crippen LogP contribution is 2.54. The third-order valence-corrected chi connectivity index (χ3v) is 15.5. The summed E-state index contributed by atoms with van der Waals surface area (Å²) >= 11 is 0. The maximum atomic E-state index is 2.70. The highest BCUT2D eigenvalue weighted by Gasteiger charge is 2.49. The van der Waals surface area contributed by atoms with Gasteiger partial charge in [0.2, 0.25) is 0 Å². The molecule has 8 atom stereocenters. The Kier molecular flexibility index (Phi) is 17.7. The first-order valence-electron chi connectivity index (χ1n) is 21.5. The molecule has 4 nitrogen and oxygen atoms in total. The van der Waals surface area contributed by atoms with Crippen LogP contribution in [0.15, 0.2) is 0 Å². The Morgan fingerprint density at radius 3 is 0.880 bits per heavy atom. The van der Waals surface area contributed by atoms with Gasteiger partial charge >= 0.3 is 0 Å². The molecule has 8 unspecified atom stereocenters. The molecule has 0 N–H and O–H groups in total. The van der Waals surface area contributed by atoms with E-state index in [4.69, 9.17) is 0 Å². The zero-order valence-electron chi connectivity index (χ0n) is 32.7. The summed E-state index contributed by atoms with van der Waals surface area (Å²) in [5, 5.41) is 0. The normalized spacial score (nSPS) is 38.6. The molecule has 0 amide bonds. The predicted octanol–water partition coefficient (Wildman–Crippen LogP) is 11.1. The molecule has 4 heterocycles. The van der Waals surface area contributed by atoms with E-state index in [1.807, 2.05) is 0 Å². The minimum Gasteiger partial charge on any atom is -0.300 e. The van der Waals surface area contributed by atoms with Crippen molar-refractivity contribution >= 4 is 0 Å². The number of hydrogen-bond acceptors (Lipinski definition) is 4. The Hall–Kier alpha value is -0.160. The molecule has 50 heavy (non-hydrogen) atoms. The maximum absolute atomic E-state index is 2.70. The van der Waals surface area contributed by atoms with Gasteiger partial charge < -0.3 is 19.6 Å². The Morgan fingerprint density at radius 2 is 0.580 bits per heavy atom. The van der Waals surface area contributed by atoms with E-state index >= 15 is 0 Å². The van der Waals surface area contributed by atoms with Crippen LogP contribution >= 0.6 is 0 Å². The Balaban J connectivity index is 0.000000177. The van der Waals surface area contributed by atoms with E-state index in [0.29, 0.717) is 0 Å². The van der Waals surface area contributed by atoms with Crippen molar-refractivity contribution in [1.29, 1.82) is 0 Å². The Morgan fingerprint density at radius 1 is 0.320 bits per heavy atom. The van der Waals surface area contributed by atoms with E-state index in [0.717, 1.165) is 83.3 Å². The molecule has 0 radical (unpaired) electrons. The van der Waals surface area contributed by atoms with Gasteiger partial charge in [0.05, 0.1) is 0 Å². The summed E-state index contributed by atoms with van der Waals surface area (Å²) in [4.78, 5) is 10.7. The number of rotatable bonds is 4. The SMILES string of the molecule is C.C.C.CC(C)N1CC2CC3CC(C3)C2C1.CC(C)N1CC2CCCC2C1.CC(C)N1CC2CCCC2C1.CC(C)N1CC2CCCCC2C1. The third kappa shape index (κ3) is 10.7. The summed E-state index contributed by atoms with van der Waals surface area (Å²) in [5.41, 5.74) is 0. The fraction of sp³-hybridized carbons (Fsp3) is 1.00. The van der Waals surface area contributed by atoms with E-state index in [1.165, 1.54) is 117 Å². The van der Waals surface area contributed by atoms with E-state index in [9.17, 15) is 0 Å². The van der Waals surface area contributed by atoms with Crippen molar-refractivity contribution in [1.82, 2.24) is 19.6 Å². The molecule has 4 heteroatoms. The van der Waals surface area contributed by atoms with Gasteiger partial charge in [0.15, 0.2) is 0 Å². The van der Waals surface area contributed by atoms with Crippen LogP contribution < -0.4 is 0 Å². The van der Waals surface area contributed by atoms with Gasteiger partial charge in [0.1, 0.15) is 0 Å². The molecule has 4 aliphatic heterocycles. The molecule has 10 fully saturated rings. The average Bonchev–Trinajstić information content (AvgIpc) is 3.85. The van der Waals surface area contributed by atoms with Gasteiger partial charge in [0.25, 0.3) is 0 Å². The lowest BCUT2D eigenvalue weighted by Crippen LogP contribution is -2.41. The van der Waals surface area contributed by atoms with Crippen LogP contribution in [-0.4, -0.2) is 96.1 Å². The van der Waals surface area contributed by atoms with Crippen LogP contribution in [0.1, 0.15) is 161 Å². The van der Waals surface area contributed by atoms with E-state index in [2.05, 4.69) is 75.0 Å². The Bertz CT molecular complexity index is 868. The molecule has 0 aromatic rings. The molecule has 2 bridgehead atoms. The molecule has 4 saturated heterocycles. The fourth-order valence-corrected chi connectivity index (χ4v) is 12.1. The molecule has 0 aromatic carbocycles. The smallest absolute Gasteiger partial charge is 0.00388 e. The number of likely N-dealkylation sites (tertiary alicyclic amines) is 4. The maximum Gasteiger partial charge on any atom is 0.00388 e. The highest BCUT2D eigenvalue weighted by molar-refractivity contribution is 5.00. The molecule has 6 aliphatic carbocycles. The molecular weight excluding hydrogens is 609 g/mol. The van der Waals surface area contributed by atoms with E-state index in [1.54, 1.807) is 19.3 Å². The summed E-state index contributed by atoms with van der Waals surface area (Å²) in [6.07, 6.45) is 19.7. The molecule has 0 aromatic heterocycles. The third-order valence-electron chi connectivity index (χ3n) is 15.5. The highest BCUT2D eigenvalue weighted by atomic mass is 15.2. The zero-order valence-corrected chi connectivity index (χ0v) is 32.7. The molecule has 0 spiro atoms. The molecule has 10 rings (SSSR count). The molecular formula is C46H92N4. The lowest BCUT2D eigenvalue weighted by atomic mass is 9.57. The second kappa shape index (κ2) is 20.0. The molecule has 10 aliphatic rings. The first-order chi connectivity index (χ1) is 22.5. The van der Waals surface area contributed by atoms with Crippen LogP contribution in [0, 0.1) is 59.2 Å². The van der Waals surface area contributed by atoms with Crippen molar-refractivity contribution in [2.75, 3.05) is 52.4 Å². The van der Waals surface area contributed by atoms with Crippen molar-refractivity contribution in [3.8, 4) is 0 Å². The lowest BCUT2D eigenvalue weighted by molar-refractivity contribution is 0.0245. The van der Waals surface area contributed by atoms with Crippen LogP contribution in [0.4, 0.5) is 0 Å². The van der Waals surface area contributed by atoms with Gasteiger partial charge in [-0.15, -0.1) is 0 Å². The van der Waals surface area contributed by atoms with Gasteiger partial charge in [0, 0.05) is 76.5 Å². The number of nitrogens with zero attached hydrogens (tertiary/aromatic N) is 4. The predicted molar refractivity (Wildman–Crippen MR) is 222 cm³/mol. The van der Waals surface area contributed by atoms with Gasteiger partial charge in [-0.25, -0.2) is 0 Å². The van der Waals surface area contributed by atoms with Crippen molar-refractivity contribution in [3.05, 3.63) is 0 Å². The second-order valence-electron chi connectivity index (χ2n) is 19.7. The quantitative estimate of drug-likeness (QED) is 0.289. The monoisotopic (exact) mass is 701 g/mol. The summed E-state index contributed by atoms with van der Waals surface area (Å²) in [6, 6.07) is 3.11. The van der Waals surface area contributed by atoms with Crippen LogP contribution in [0.5, 0.6) is 0 Å². The minimum atomic E-state index is 0. The van der Waals surface area contributed by atoms with Gasteiger partial charge in [-0.2, -0.15) is 0 Å². The largest absolute Gasteiger partial charge is 0.300 e. The van der Waals surface area contributed by atoms with Crippen LogP contribution in [-0.2, 0) is 0 Å². The van der Waals surface area contributed by atoms with Crippen LogP contribution in [0.2, 0.25) is 0 Å². The van der Waals surface area contributed by atoms with Crippen LogP contribution in [0.25, 0.3) is 0 Å². The topological polar surface area (TPSA) is 13.0 Å². The summed E-state index contributed by atoms with van der Waals surface area (Å²) in [6.45, 7) is 29.8. The number of fused-ring (bicyclic) bond motifs is 3. The van der Waals surface area contributed by atoms with Gasteiger partial charge in [-0.1, -0.05) is 48.0 Å². The van der Waals surface area contributed by atoms with Crippen molar-refractivity contribution in [2.24, 2.45) is 59.2 Å². The van der Waals surface area contributed by atoms with Crippen LogP contribution in [0.3, 0.4) is 0 Å². The summed E-state index contributed by atoms with van der Waals surface area (Å²) < 4.78 is 0. The summed E-state index contributed by atoms with van der Waals surface area (Å²) in [5.74, 6) is 10.8. The van der Waals surface area contributed by atoms with Crippen molar-refractivity contribution < 1.29 is 0 Å². The first-order valence-corrected chi connectivity index (χ1v) is 21.5. The second-order valence-corrected chi connectivity index (χ2v) is 19.7. The number of hydrogen-bond donors (Lipinski definition) is 0. The van der Waals surface area contributed by atoms with Crippen molar-refractivity contribution in [3.63, 3.8) is 0 Å². The summed E-state index contributed by atoms with van der Waals surface area (Å²) in [7, 11) is 0. The van der Waals surface area contributed by atoms with Gasteiger partial charge in [-0.05, 0) is 172 Å².